The van der Waals surface area contributed by atoms with Gasteiger partial charge in [-0.15, -0.1) is 0 Å². The Morgan fingerprint density at radius 2 is 1.71 bits per heavy atom. The van der Waals surface area contributed by atoms with Gasteiger partial charge in [-0.1, -0.05) is 49.4 Å². The smallest absolute Gasteiger partial charge is 0.278 e. The van der Waals surface area contributed by atoms with Crippen molar-refractivity contribution in [1.82, 2.24) is 5.32 Å². The van der Waals surface area contributed by atoms with Gasteiger partial charge in [-0.05, 0) is 18.9 Å². The van der Waals surface area contributed by atoms with Gasteiger partial charge >= 0.3 is 0 Å². The van der Waals surface area contributed by atoms with Crippen molar-refractivity contribution in [2.75, 3.05) is 41.7 Å². The maximum Gasteiger partial charge on any atom is 0.278 e. The molecular weight excluding hydrogens is 498 g/mol. The maximum absolute atomic E-state index is 13.8. The monoisotopic (exact) mass is 535 g/mol. The molecule has 11 nitrogen and oxygen atoms in total. The zero-order valence-electron chi connectivity index (χ0n) is 22.4. The fourth-order valence-electron chi connectivity index (χ4n) is 4.65. The van der Waals surface area contributed by atoms with E-state index in [0.29, 0.717) is 12.0 Å². The van der Waals surface area contributed by atoms with E-state index in [0.717, 1.165) is 0 Å². The first-order chi connectivity index (χ1) is 18.3. The van der Waals surface area contributed by atoms with Gasteiger partial charge in [-0.3, -0.25) is 9.59 Å². The van der Waals surface area contributed by atoms with E-state index in [2.05, 4.69) is 5.32 Å². The SMILES string of the molecule is CC/C=C\[C@H](OCOC)[C@H](OCOC)C1=C(C)C(=O)[C@]2(O1)C(=O)N[C@@](O)(Cc1ccccc1)[C@@H]2OCOC. The van der Waals surface area contributed by atoms with Gasteiger partial charge in [-0.25, -0.2) is 0 Å². The van der Waals surface area contributed by atoms with Crippen LogP contribution in [0.25, 0.3) is 0 Å². The molecule has 0 aliphatic carbocycles. The quantitative estimate of drug-likeness (QED) is 0.194. The van der Waals surface area contributed by atoms with Gasteiger partial charge in [-0.2, -0.15) is 0 Å². The Bertz CT molecular complexity index is 1010. The zero-order valence-corrected chi connectivity index (χ0v) is 22.4. The molecule has 210 valence electrons. The van der Waals surface area contributed by atoms with Gasteiger partial charge in [0.1, 0.15) is 38.3 Å². The zero-order chi connectivity index (χ0) is 27.8. The summed E-state index contributed by atoms with van der Waals surface area (Å²) in [7, 11) is 4.33. The van der Waals surface area contributed by atoms with Crippen LogP contribution >= 0.6 is 0 Å². The Morgan fingerprint density at radius 1 is 1.05 bits per heavy atom. The molecule has 1 aromatic rings. The normalized spacial score (nSPS) is 26.8. The van der Waals surface area contributed by atoms with Crippen LogP contribution in [-0.2, 0) is 49.2 Å². The molecular formula is C27H37NO10. The predicted molar refractivity (Wildman–Crippen MR) is 134 cm³/mol. The molecule has 5 atom stereocenters. The highest BCUT2D eigenvalue weighted by molar-refractivity contribution is 6.20. The Labute approximate surface area is 222 Å². The van der Waals surface area contributed by atoms with Crippen LogP contribution in [0.2, 0.25) is 0 Å². The van der Waals surface area contributed by atoms with Crippen LogP contribution in [0.15, 0.2) is 53.8 Å². The second-order valence-electron chi connectivity index (χ2n) is 9.02. The topological polar surface area (TPSA) is 131 Å². The van der Waals surface area contributed by atoms with E-state index in [1.54, 1.807) is 30.3 Å². The van der Waals surface area contributed by atoms with Crippen LogP contribution in [0, 0.1) is 0 Å². The van der Waals surface area contributed by atoms with Crippen LogP contribution in [0.5, 0.6) is 0 Å². The van der Waals surface area contributed by atoms with Crippen molar-refractivity contribution < 1.29 is 47.9 Å². The molecule has 1 saturated heterocycles. The number of carbonyl (C=O) groups is 2. The molecule has 1 spiro atoms. The number of carbonyl (C=O) groups excluding carboxylic acids is 2. The molecule has 1 fully saturated rings. The highest BCUT2D eigenvalue weighted by atomic mass is 16.7. The number of amides is 1. The second kappa shape index (κ2) is 13.4. The van der Waals surface area contributed by atoms with Gasteiger partial charge in [0.2, 0.25) is 5.78 Å². The number of ether oxygens (including phenoxy) is 7. The number of benzene rings is 1. The predicted octanol–water partition coefficient (Wildman–Crippen LogP) is 1.59. The van der Waals surface area contributed by atoms with Gasteiger partial charge in [0.15, 0.2) is 11.8 Å². The molecule has 1 aromatic carbocycles. The third-order valence-corrected chi connectivity index (χ3v) is 6.32. The number of aliphatic hydroxyl groups is 1. The molecule has 0 saturated carbocycles. The van der Waals surface area contributed by atoms with E-state index >= 15 is 0 Å². The number of nitrogens with one attached hydrogen (secondary N) is 1. The Morgan fingerprint density at radius 3 is 2.34 bits per heavy atom. The summed E-state index contributed by atoms with van der Waals surface area (Å²) < 4.78 is 39.0. The molecule has 2 N–H and O–H groups in total. The summed E-state index contributed by atoms with van der Waals surface area (Å²) in [6.45, 7) is 2.98. The van der Waals surface area contributed by atoms with E-state index in [1.807, 2.05) is 19.1 Å². The van der Waals surface area contributed by atoms with Crippen LogP contribution in [0.3, 0.4) is 0 Å². The number of ketones is 1. The van der Waals surface area contributed by atoms with Gasteiger partial charge < -0.3 is 43.6 Å². The standard InChI is InChI=1S/C27H37NO10/c1-6-7-13-20(35-15-32-3)22(36-16-33-4)21-18(2)23(29)27(38-21)24(37-17-34-5)26(31,28-25(27)30)14-19-11-9-8-10-12-19/h7-13,20,22,24,31H,6,14-17H2,1-5H3,(H,28,30)/b13-7-/t20-,22-,24-,26+,27+/m0/s1. The molecule has 3 rings (SSSR count). The fourth-order valence-corrected chi connectivity index (χ4v) is 4.65. The molecule has 0 bridgehead atoms. The van der Waals surface area contributed by atoms with E-state index in [4.69, 9.17) is 33.2 Å². The Kier molecular flexibility index (Phi) is 10.6. The van der Waals surface area contributed by atoms with Crippen LogP contribution < -0.4 is 5.32 Å². The molecule has 11 heteroatoms. The van der Waals surface area contributed by atoms with E-state index in [9.17, 15) is 14.7 Å². The summed E-state index contributed by atoms with van der Waals surface area (Å²) in [5, 5.41) is 14.2. The van der Waals surface area contributed by atoms with E-state index < -0.39 is 41.3 Å². The molecule has 0 radical (unpaired) electrons. The summed E-state index contributed by atoms with van der Waals surface area (Å²) in [6, 6.07) is 9.03. The lowest BCUT2D eigenvalue weighted by atomic mass is 9.85. The number of hydrogen-bond donors (Lipinski definition) is 2. The van der Waals surface area contributed by atoms with Crippen molar-refractivity contribution in [3.05, 3.63) is 59.4 Å². The highest BCUT2D eigenvalue weighted by Gasteiger charge is 2.72. The second-order valence-corrected chi connectivity index (χ2v) is 9.02. The summed E-state index contributed by atoms with van der Waals surface area (Å²) in [6.07, 6.45) is 1.14. The van der Waals surface area contributed by atoms with Crippen molar-refractivity contribution in [3.8, 4) is 0 Å². The minimum Gasteiger partial charge on any atom is -0.467 e. The number of rotatable bonds is 15. The first-order valence-corrected chi connectivity index (χ1v) is 12.3. The van der Waals surface area contributed by atoms with Crippen LogP contribution in [-0.4, -0.2) is 88.1 Å². The fraction of sp³-hybridized carbons (Fsp3) is 0.556. The molecule has 2 aliphatic rings. The Hall–Kier alpha value is -2.64. The van der Waals surface area contributed by atoms with Crippen molar-refractivity contribution in [1.29, 1.82) is 0 Å². The van der Waals surface area contributed by atoms with Gasteiger partial charge in [0, 0.05) is 33.3 Å². The first kappa shape index (κ1) is 29.9. The third kappa shape index (κ3) is 5.99. The van der Waals surface area contributed by atoms with Gasteiger partial charge in [0.25, 0.3) is 11.5 Å². The van der Waals surface area contributed by atoms with E-state index in [1.165, 1.54) is 28.3 Å². The average Bonchev–Trinajstić information content (AvgIpc) is 3.28. The molecule has 38 heavy (non-hydrogen) atoms. The van der Waals surface area contributed by atoms with Crippen LogP contribution in [0.4, 0.5) is 0 Å². The van der Waals surface area contributed by atoms with E-state index in [-0.39, 0.29) is 38.1 Å². The minimum absolute atomic E-state index is 0.0385. The molecule has 0 aromatic heterocycles. The molecule has 2 aliphatic heterocycles. The van der Waals surface area contributed by atoms with Crippen molar-refractivity contribution in [2.45, 2.75) is 56.3 Å². The van der Waals surface area contributed by atoms with Crippen molar-refractivity contribution in [3.63, 3.8) is 0 Å². The number of allylic oxidation sites excluding steroid dienone is 1. The summed E-state index contributed by atoms with van der Waals surface area (Å²) in [5.41, 5.74) is -3.34. The lowest BCUT2D eigenvalue weighted by Crippen LogP contribution is -2.58. The van der Waals surface area contributed by atoms with Crippen LogP contribution in [0.1, 0.15) is 25.8 Å². The largest absolute Gasteiger partial charge is 0.467 e. The third-order valence-electron chi connectivity index (χ3n) is 6.32. The molecule has 0 unspecified atom stereocenters. The first-order valence-electron chi connectivity index (χ1n) is 12.3. The Balaban J connectivity index is 2.03. The molecule has 1 amide bonds. The lowest BCUT2D eigenvalue weighted by molar-refractivity contribution is -0.204. The minimum atomic E-state index is -2.21. The average molecular weight is 536 g/mol. The van der Waals surface area contributed by atoms with Crippen molar-refractivity contribution >= 4 is 11.7 Å². The number of hydrogen-bond acceptors (Lipinski definition) is 10. The maximum atomic E-state index is 13.8. The highest BCUT2D eigenvalue weighted by Crippen LogP contribution is 2.45. The summed E-state index contributed by atoms with van der Waals surface area (Å²) >= 11 is 0. The lowest BCUT2D eigenvalue weighted by Gasteiger charge is -2.35. The molecule has 2 heterocycles. The summed E-state index contributed by atoms with van der Waals surface area (Å²) in [5.74, 6) is -1.43. The number of Topliss-reactive ketones (excluding diaryl/α,β-unsaturated/α-hetero) is 1. The van der Waals surface area contributed by atoms with Gasteiger partial charge in [0.05, 0.1) is 0 Å². The summed E-state index contributed by atoms with van der Waals surface area (Å²) in [4.78, 5) is 27.4. The van der Waals surface area contributed by atoms with Crippen molar-refractivity contribution in [2.24, 2.45) is 0 Å². The number of methoxy groups -OCH3 is 3.